The number of alkyl halides is 3. The van der Waals surface area contributed by atoms with Gasteiger partial charge in [-0.25, -0.2) is 13.2 Å². The van der Waals surface area contributed by atoms with E-state index in [1.54, 1.807) is 0 Å². The molecule has 0 radical (unpaired) electrons. The van der Waals surface area contributed by atoms with Crippen LogP contribution in [0.2, 0.25) is 0 Å². The molecule has 4 heteroatoms. The molecule has 0 N–H and O–H groups in total. The highest BCUT2D eigenvalue weighted by Crippen LogP contribution is 2.06. The van der Waals surface area contributed by atoms with Gasteiger partial charge >= 0.3 is 0 Å². The third-order valence-electron chi connectivity index (χ3n) is 0.497. The summed E-state index contributed by atoms with van der Waals surface area (Å²) in [6.45, 7) is 0. The molecule has 0 aliphatic carbocycles. The van der Waals surface area contributed by atoms with Gasteiger partial charge in [0.1, 0.15) is 0 Å². The summed E-state index contributed by atoms with van der Waals surface area (Å²) in [5.74, 6) is 0. The van der Waals surface area contributed by atoms with Crippen LogP contribution in [-0.2, 0) is 0 Å². The van der Waals surface area contributed by atoms with Gasteiger partial charge in [-0.05, 0) is 11.1 Å². The predicted octanol–water partition coefficient (Wildman–Crippen LogP) is 2.50. The molecule has 0 aromatic rings. The van der Waals surface area contributed by atoms with E-state index in [0.717, 1.165) is 11.1 Å². The molecule has 0 aromatic heterocycles. The predicted molar refractivity (Wildman–Crippen MR) is 29.0 cm³/mol. The molecule has 0 heterocycles. The third-order valence-corrected chi connectivity index (χ3v) is 0.803. The molecule has 0 rings (SSSR count). The lowest BCUT2D eigenvalue weighted by molar-refractivity contribution is 0.0751. The maximum atomic E-state index is 11.7. The summed E-state index contributed by atoms with van der Waals surface area (Å²) in [4.78, 5) is 1.07. The molecular formula is C4H4BrF3. The van der Waals surface area contributed by atoms with Gasteiger partial charge in [0.05, 0.1) is 0 Å². The van der Waals surface area contributed by atoms with Crippen molar-refractivity contribution in [2.45, 2.75) is 12.6 Å². The summed E-state index contributed by atoms with van der Waals surface area (Å²) >= 11 is 2.66. The first-order valence-corrected chi connectivity index (χ1v) is 2.79. The zero-order chi connectivity index (χ0) is 6.57. The van der Waals surface area contributed by atoms with Crippen LogP contribution < -0.4 is 0 Å². The van der Waals surface area contributed by atoms with Crippen molar-refractivity contribution in [3.63, 3.8) is 0 Å². The van der Waals surface area contributed by atoms with Crippen molar-refractivity contribution in [1.29, 1.82) is 0 Å². The lowest BCUT2D eigenvalue weighted by Gasteiger charge is -1.96. The Bertz CT molecular complexity index is 81.4. The van der Waals surface area contributed by atoms with Gasteiger partial charge in [-0.1, -0.05) is 15.9 Å². The summed E-state index contributed by atoms with van der Waals surface area (Å²) in [5.41, 5.74) is 0. The molecule has 0 saturated heterocycles. The monoisotopic (exact) mass is 188 g/mol. The quantitative estimate of drug-likeness (QED) is 0.625. The van der Waals surface area contributed by atoms with Gasteiger partial charge in [-0.15, -0.1) is 0 Å². The lowest BCUT2D eigenvalue weighted by atomic mass is 10.4. The van der Waals surface area contributed by atoms with Crippen molar-refractivity contribution in [3.05, 3.63) is 11.1 Å². The number of allylic oxidation sites excluding steroid dienone is 1. The summed E-state index contributed by atoms with van der Waals surface area (Å²) in [7, 11) is 0. The van der Waals surface area contributed by atoms with E-state index in [4.69, 9.17) is 0 Å². The van der Waals surface area contributed by atoms with E-state index in [0.29, 0.717) is 0 Å². The molecule has 8 heavy (non-hydrogen) atoms. The van der Waals surface area contributed by atoms with Crippen LogP contribution >= 0.6 is 15.9 Å². The fraction of sp³-hybridized carbons (Fsp3) is 0.500. The Morgan fingerprint density at radius 3 is 1.88 bits per heavy atom. The molecule has 0 aromatic carbocycles. The van der Waals surface area contributed by atoms with Gasteiger partial charge in [0.2, 0.25) is 0 Å². The second kappa shape index (κ2) is 3.95. The van der Waals surface area contributed by atoms with E-state index in [2.05, 4.69) is 15.9 Å². The molecule has 0 saturated carbocycles. The van der Waals surface area contributed by atoms with Crippen molar-refractivity contribution in [3.8, 4) is 0 Å². The number of hydrogen-bond acceptors (Lipinski definition) is 0. The highest BCUT2D eigenvalue weighted by molar-refractivity contribution is 9.11. The van der Waals surface area contributed by atoms with E-state index in [9.17, 15) is 13.2 Å². The molecule has 0 nitrogen and oxygen atoms in total. The molecule has 0 spiro atoms. The Morgan fingerprint density at radius 1 is 1.25 bits per heavy atom. The Morgan fingerprint density at radius 2 is 1.75 bits per heavy atom. The lowest BCUT2D eigenvalue weighted by Crippen LogP contribution is -2.06. The third kappa shape index (κ3) is 3.07. The Kier molecular flexibility index (Phi) is 3.95. The van der Waals surface area contributed by atoms with Crippen molar-refractivity contribution in [2.24, 2.45) is 0 Å². The van der Waals surface area contributed by atoms with Crippen LogP contribution in [0.15, 0.2) is 11.1 Å². The van der Waals surface area contributed by atoms with E-state index < -0.39 is 12.6 Å². The minimum atomic E-state index is -2.91. The Hall–Kier alpha value is 0.01000. The first kappa shape index (κ1) is 8.01. The van der Waals surface area contributed by atoms with Crippen molar-refractivity contribution >= 4 is 15.9 Å². The van der Waals surface area contributed by atoms with Crippen LogP contribution in [0.25, 0.3) is 0 Å². The number of rotatable bonds is 2. The highest BCUT2D eigenvalue weighted by Gasteiger charge is 2.13. The summed E-state index contributed by atoms with van der Waals surface area (Å²) < 4.78 is 34.0. The number of halogens is 4. The standard InChI is InChI=1S/C4H4BrF3/c5-2-1-3(6)4(7)8/h1-4H. The average molecular weight is 189 g/mol. The number of hydrogen-bond donors (Lipinski definition) is 0. The Balaban J connectivity index is 3.47. The van der Waals surface area contributed by atoms with Crippen LogP contribution in [0.3, 0.4) is 0 Å². The highest BCUT2D eigenvalue weighted by atomic mass is 79.9. The first-order chi connectivity index (χ1) is 3.68. The van der Waals surface area contributed by atoms with Gasteiger partial charge in [0, 0.05) is 0 Å². The van der Waals surface area contributed by atoms with Crippen LogP contribution in [0.5, 0.6) is 0 Å². The van der Waals surface area contributed by atoms with Crippen LogP contribution in [0, 0.1) is 0 Å². The summed E-state index contributed by atoms with van der Waals surface area (Å²) in [6, 6.07) is 0. The second-order valence-corrected chi connectivity index (χ2v) is 1.63. The van der Waals surface area contributed by atoms with E-state index in [1.165, 1.54) is 0 Å². The summed E-state index contributed by atoms with van der Waals surface area (Å²) in [5, 5.41) is 0. The van der Waals surface area contributed by atoms with Gasteiger partial charge in [-0.3, -0.25) is 0 Å². The van der Waals surface area contributed by atoms with Crippen molar-refractivity contribution in [2.75, 3.05) is 0 Å². The molecule has 0 fully saturated rings. The zero-order valence-corrected chi connectivity index (χ0v) is 5.41. The fourth-order valence-electron chi connectivity index (χ4n) is 0.153. The molecule has 0 aliphatic rings. The smallest absolute Gasteiger partial charge is 0.237 e. The van der Waals surface area contributed by atoms with Gasteiger partial charge < -0.3 is 0 Å². The van der Waals surface area contributed by atoms with Crippen molar-refractivity contribution < 1.29 is 13.2 Å². The molecule has 1 atom stereocenters. The van der Waals surface area contributed by atoms with E-state index >= 15 is 0 Å². The van der Waals surface area contributed by atoms with Gasteiger partial charge in [-0.2, -0.15) is 0 Å². The molecule has 48 valence electrons. The SMILES string of the molecule is FC(F)C(F)C=CBr. The molecule has 0 bridgehead atoms. The maximum Gasteiger partial charge on any atom is 0.272 e. The fourth-order valence-corrected chi connectivity index (χ4v) is 0.445. The molecule has 1 unspecified atom stereocenters. The minimum Gasteiger partial charge on any atom is -0.237 e. The van der Waals surface area contributed by atoms with E-state index in [-0.39, 0.29) is 0 Å². The normalized spacial score (nSPS) is 15.6. The molecule has 0 aliphatic heterocycles. The van der Waals surface area contributed by atoms with Crippen molar-refractivity contribution in [1.82, 2.24) is 0 Å². The summed E-state index contributed by atoms with van der Waals surface area (Å²) in [6.07, 6.45) is -4.32. The topological polar surface area (TPSA) is 0 Å². The van der Waals surface area contributed by atoms with Crippen LogP contribution in [0.4, 0.5) is 13.2 Å². The molecular weight excluding hydrogens is 185 g/mol. The minimum absolute atomic E-state index is 0.741. The van der Waals surface area contributed by atoms with Crippen LogP contribution in [-0.4, -0.2) is 12.6 Å². The van der Waals surface area contributed by atoms with Crippen LogP contribution in [0.1, 0.15) is 0 Å². The molecule has 0 amide bonds. The Labute approximate surface area is 53.5 Å². The second-order valence-electron chi connectivity index (χ2n) is 1.10. The maximum absolute atomic E-state index is 11.7. The van der Waals surface area contributed by atoms with E-state index in [1.807, 2.05) is 0 Å². The zero-order valence-electron chi connectivity index (χ0n) is 3.82. The van der Waals surface area contributed by atoms with Gasteiger partial charge in [0.15, 0.2) is 6.17 Å². The largest absolute Gasteiger partial charge is 0.272 e. The average Bonchev–Trinajstić information content (AvgIpc) is 1.67. The van der Waals surface area contributed by atoms with Gasteiger partial charge in [0.25, 0.3) is 6.43 Å². The first-order valence-electron chi connectivity index (χ1n) is 1.87.